The van der Waals surface area contributed by atoms with Crippen LogP contribution in [0.2, 0.25) is 0 Å². The summed E-state index contributed by atoms with van der Waals surface area (Å²) in [5.41, 5.74) is 1.12. The molecule has 0 aliphatic heterocycles. The molecule has 0 fully saturated rings. The maximum absolute atomic E-state index is 14.0. The van der Waals surface area contributed by atoms with Gasteiger partial charge in [-0.25, -0.2) is 19.2 Å². The van der Waals surface area contributed by atoms with Crippen LogP contribution in [0.4, 0.5) is 15.3 Å². The fourth-order valence-corrected chi connectivity index (χ4v) is 2.81. The van der Waals surface area contributed by atoms with Crippen LogP contribution < -0.4 is 10.1 Å². The van der Waals surface area contributed by atoms with Crippen LogP contribution in [0, 0.1) is 12.7 Å². The lowest BCUT2D eigenvalue weighted by atomic mass is 10.2. The number of aromatic nitrogens is 2. The zero-order valence-corrected chi connectivity index (χ0v) is 15.0. The Labute approximate surface area is 153 Å². The Morgan fingerprint density at radius 2 is 2.15 bits per heavy atom. The van der Waals surface area contributed by atoms with Crippen LogP contribution in [0.25, 0.3) is 0 Å². The SMILES string of the molecule is CCOC(=O)c1ccc(F)c(Oc2ccnc(Nc3nc(C)cs3)c2)c1. The van der Waals surface area contributed by atoms with Crippen LogP contribution >= 0.6 is 11.3 Å². The van der Waals surface area contributed by atoms with Crippen molar-refractivity contribution in [1.29, 1.82) is 0 Å². The molecule has 3 rings (SSSR count). The number of ether oxygens (including phenoxy) is 2. The predicted molar refractivity (Wildman–Crippen MR) is 96.8 cm³/mol. The number of pyridine rings is 1. The third-order valence-corrected chi connectivity index (χ3v) is 4.13. The van der Waals surface area contributed by atoms with Crippen LogP contribution in [-0.4, -0.2) is 22.5 Å². The number of carbonyl (C=O) groups is 1. The minimum Gasteiger partial charge on any atom is -0.462 e. The molecule has 0 aliphatic carbocycles. The van der Waals surface area contributed by atoms with Crippen molar-refractivity contribution in [3.8, 4) is 11.5 Å². The van der Waals surface area contributed by atoms with Gasteiger partial charge in [-0.05, 0) is 38.1 Å². The molecule has 3 aromatic rings. The van der Waals surface area contributed by atoms with Crippen molar-refractivity contribution in [2.75, 3.05) is 11.9 Å². The van der Waals surface area contributed by atoms with Crippen LogP contribution in [0.15, 0.2) is 41.9 Å². The Bertz CT molecular complexity index is 930. The Hall–Kier alpha value is -3.00. The number of benzene rings is 1. The van der Waals surface area contributed by atoms with Crippen molar-refractivity contribution in [1.82, 2.24) is 9.97 Å². The number of esters is 1. The van der Waals surface area contributed by atoms with Crippen molar-refractivity contribution >= 4 is 28.3 Å². The quantitative estimate of drug-likeness (QED) is 0.632. The molecule has 2 aromatic heterocycles. The average Bonchev–Trinajstić information content (AvgIpc) is 3.02. The summed E-state index contributed by atoms with van der Waals surface area (Å²) in [6.45, 7) is 3.84. The van der Waals surface area contributed by atoms with Crippen molar-refractivity contribution in [3.05, 3.63) is 59.0 Å². The highest BCUT2D eigenvalue weighted by Gasteiger charge is 2.13. The first kappa shape index (κ1) is 17.8. The number of hydrogen-bond acceptors (Lipinski definition) is 7. The van der Waals surface area contributed by atoms with E-state index in [-0.39, 0.29) is 17.9 Å². The zero-order valence-electron chi connectivity index (χ0n) is 14.2. The van der Waals surface area contributed by atoms with Gasteiger partial charge in [-0.1, -0.05) is 0 Å². The van der Waals surface area contributed by atoms with Crippen molar-refractivity contribution in [3.63, 3.8) is 0 Å². The second-order valence-corrected chi connectivity index (χ2v) is 6.12. The van der Waals surface area contributed by atoms with E-state index >= 15 is 0 Å². The van der Waals surface area contributed by atoms with Gasteiger partial charge in [0.25, 0.3) is 0 Å². The van der Waals surface area contributed by atoms with Gasteiger partial charge in [0.1, 0.15) is 11.6 Å². The second-order valence-electron chi connectivity index (χ2n) is 5.26. The Morgan fingerprint density at radius 1 is 1.31 bits per heavy atom. The highest BCUT2D eigenvalue weighted by molar-refractivity contribution is 7.13. The number of halogens is 1. The summed E-state index contributed by atoms with van der Waals surface area (Å²) in [4.78, 5) is 20.3. The predicted octanol–water partition coefficient (Wildman–Crippen LogP) is 4.70. The van der Waals surface area contributed by atoms with Gasteiger partial charge in [-0.2, -0.15) is 0 Å². The normalized spacial score (nSPS) is 10.4. The van der Waals surface area contributed by atoms with Crippen LogP contribution in [0.5, 0.6) is 11.5 Å². The smallest absolute Gasteiger partial charge is 0.338 e. The summed E-state index contributed by atoms with van der Waals surface area (Å²) in [5.74, 6) is -0.305. The summed E-state index contributed by atoms with van der Waals surface area (Å²) >= 11 is 1.45. The lowest BCUT2D eigenvalue weighted by molar-refractivity contribution is 0.0526. The topological polar surface area (TPSA) is 73.3 Å². The summed E-state index contributed by atoms with van der Waals surface area (Å²) in [7, 11) is 0. The number of thiazole rings is 1. The van der Waals surface area contributed by atoms with E-state index in [4.69, 9.17) is 9.47 Å². The molecule has 0 saturated heterocycles. The Kier molecular flexibility index (Phi) is 5.43. The second kappa shape index (κ2) is 7.92. The first-order valence-electron chi connectivity index (χ1n) is 7.85. The van der Waals surface area contributed by atoms with Crippen molar-refractivity contribution in [2.24, 2.45) is 0 Å². The van der Waals surface area contributed by atoms with Gasteiger partial charge in [-0.3, -0.25) is 0 Å². The van der Waals surface area contributed by atoms with Crippen LogP contribution in [0.1, 0.15) is 23.0 Å². The molecule has 0 amide bonds. The molecule has 1 aromatic carbocycles. The van der Waals surface area contributed by atoms with Crippen molar-refractivity contribution in [2.45, 2.75) is 13.8 Å². The van der Waals surface area contributed by atoms with E-state index in [0.717, 1.165) is 5.69 Å². The molecule has 134 valence electrons. The fourth-order valence-electron chi connectivity index (χ4n) is 2.11. The molecule has 0 bridgehead atoms. The number of hydrogen-bond donors (Lipinski definition) is 1. The highest BCUT2D eigenvalue weighted by atomic mass is 32.1. The highest BCUT2D eigenvalue weighted by Crippen LogP contribution is 2.28. The molecular formula is C18H16FN3O3S. The first-order valence-corrected chi connectivity index (χ1v) is 8.73. The number of nitrogens with one attached hydrogen (secondary N) is 1. The van der Waals surface area contributed by atoms with Gasteiger partial charge in [0, 0.05) is 17.6 Å². The average molecular weight is 373 g/mol. The van der Waals surface area contributed by atoms with Gasteiger partial charge in [-0.15, -0.1) is 11.3 Å². The lowest BCUT2D eigenvalue weighted by Gasteiger charge is -2.10. The summed E-state index contributed by atoms with van der Waals surface area (Å²) in [5, 5.41) is 5.67. The molecule has 0 unspecified atom stereocenters. The number of aryl methyl sites for hydroxylation is 1. The minimum atomic E-state index is -0.583. The molecule has 26 heavy (non-hydrogen) atoms. The monoisotopic (exact) mass is 373 g/mol. The fraction of sp³-hybridized carbons (Fsp3) is 0.167. The molecule has 0 radical (unpaired) electrons. The summed E-state index contributed by atoms with van der Waals surface area (Å²) in [6.07, 6.45) is 1.53. The zero-order chi connectivity index (χ0) is 18.5. The molecule has 8 heteroatoms. The largest absolute Gasteiger partial charge is 0.462 e. The molecule has 6 nitrogen and oxygen atoms in total. The van der Waals surface area contributed by atoms with Gasteiger partial charge in [0.2, 0.25) is 0 Å². The van der Waals surface area contributed by atoms with E-state index in [1.807, 2.05) is 12.3 Å². The van der Waals surface area contributed by atoms with Gasteiger partial charge >= 0.3 is 5.97 Å². The van der Waals surface area contributed by atoms with E-state index in [2.05, 4.69) is 15.3 Å². The Balaban J connectivity index is 1.79. The van der Waals surface area contributed by atoms with Crippen LogP contribution in [-0.2, 0) is 4.74 Å². The summed E-state index contributed by atoms with van der Waals surface area (Å²) < 4.78 is 24.5. The van der Waals surface area contributed by atoms with Crippen molar-refractivity contribution < 1.29 is 18.7 Å². The van der Waals surface area contributed by atoms with E-state index in [1.54, 1.807) is 19.1 Å². The molecule has 0 aliphatic rings. The first-order chi connectivity index (χ1) is 12.5. The van der Waals surface area contributed by atoms with Crippen LogP contribution in [0.3, 0.4) is 0 Å². The van der Waals surface area contributed by atoms with E-state index in [0.29, 0.717) is 16.7 Å². The third kappa shape index (κ3) is 4.34. The lowest BCUT2D eigenvalue weighted by Crippen LogP contribution is -2.05. The molecule has 0 spiro atoms. The number of rotatable bonds is 6. The number of carbonyl (C=O) groups excluding carboxylic acids is 1. The minimum absolute atomic E-state index is 0.0715. The maximum atomic E-state index is 14.0. The Morgan fingerprint density at radius 3 is 2.88 bits per heavy atom. The van der Waals surface area contributed by atoms with Gasteiger partial charge < -0.3 is 14.8 Å². The van der Waals surface area contributed by atoms with E-state index in [9.17, 15) is 9.18 Å². The third-order valence-electron chi connectivity index (χ3n) is 3.26. The standard InChI is InChI=1S/C18H16FN3O3S/c1-3-24-17(23)12-4-5-14(19)15(8-12)25-13-6-7-20-16(9-13)22-18-21-11(2)10-26-18/h4-10H,3H2,1-2H3,(H,20,21,22). The van der Waals surface area contributed by atoms with E-state index in [1.165, 1.54) is 35.7 Å². The maximum Gasteiger partial charge on any atom is 0.338 e. The molecule has 0 atom stereocenters. The molecular weight excluding hydrogens is 357 g/mol. The molecule has 1 N–H and O–H groups in total. The number of anilines is 2. The van der Waals surface area contributed by atoms with Gasteiger partial charge in [0.15, 0.2) is 16.7 Å². The molecule has 0 saturated carbocycles. The summed E-state index contributed by atoms with van der Waals surface area (Å²) in [6, 6.07) is 7.04. The number of nitrogens with zero attached hydrogens (tertiary/aromatic N) is 2. The molecule has 2 heterocycles. The van der Waals surface area contributed by atoms with E-state index < -0.39 is 11.8 Å². The van der Waals surface area contributed by atoms with Gasteiger partial charge in [0.05, 0.1) is 17.9 Å².